The lowest BCUT2D eigenvalue weighted by Gasteiger charge is -2.10. The van der Waals surface area contributed by atoms with Crippen LogP contribution < -0.4 is 16.7 Å². The van der Waals surface area contributed by atoms with Gasteiger partial charge in [0.15, 0.2) is 0 Å². The summed E-state index contributed by atoms with van der Waals surface area (Å²) in [6.45, 7) is 0.402. The minimum atomic E-state index is -0.595. The number of carbonyl (C=O) groups excluding carboxylic acids is 1. The van der Waals surface area contributed by atoms with E-state index in [1.807, 2.05) is 0 Å². The van der Waals surface area contributed by atoms with Crippen LogP contribution in [0.1, 0.15) is 18.7 Å². The summed E-state index contributed by atoms with van der Waals surface area (Å²) < 4.78 is 1.40. The molecule has 1 aliphatic carbocycles. The summed E-state index contributed by atoms with van der Waals surface area (Å²) in [6, 6.07) is -0.317. The van der Waals surface area contributed by atoms with Crippen molar-refractivity contribution >= 4 is 5.91 Å². The van der Waals surface area contributed by atoms with Crippen molar-refractivity contribution in [3.63, 3.8) is 0 Å². The molecule has 0 bridgehead atoms. The first kappa shape index (κ1) is 13.8. The maximum Gasteiger partial charge on any atom is 0.343 e. The van der Waals surface area contributed by atoms with E-state index in [-0.39, 0.29) is 23.6 Å². The number of hydrogen-bond donors (Lipinski definition) is 4. The average Bonchev–Trinajstić information content (AvgIpc) is 2.86. The van der Waals surface area contributed by atoms with Gasteiger partial charge >= 0.3 is 5.69 Å². The van der Waals surface area contributed by atoms with E-state index >= 15 is 0 Å². The lowest BCUT2D eigenvalue weighted by atomic mass is 10.1. The summed E-state index contributed by atoms with van der Waals surface area (Å²) in [5.74, 6) is 0.258. The molecule has 0 aromatic carbocycles. The molecule has 8 heteroatoms. The Morgan fingerprint density at radius 3 is 2.89 bits per heavy atom. The predicted molar refractivity (Wildman–Crippen MR) is 67.2 cm³/mol. The molecule has 0 aliphatic heterocycles. The molecular weight excluding hydrogens is 250 g/mol. The second-order valence-electron chi connectivity index (χ2n) is 4.94. The SMILES string of the molecule is Cn1c(CCNC(=O)[C@H]2C[C@H](N)[C@@H](O)C2)n[nH]c1=O. The summed E-state index contributed by atoms with van der Waals surface area (Å²) in [5.41, 5.74) is 5.39. The number of aromatic amines is 1. The van der Waals surface area contributed by atoms with Gasteiger partial charge in [0.2, 0.25) is 5.91 Å². The van der Waals surface area contributed by atoms with Crippen LogP contribution in [-0.2, 0) is 18.3 Å². The lowest BCUT2D eigenvalue weighted by Crippen LogP contribution is -2.32. The summed E-state index contributed by atoms with van der Waals surface area (Å²) >= 11 is 0. The Hall–Kier alpha value is -1.67. The Kier molecular flexibility index (Phi) is 4.01. The second-order valence-corrected chi connectivity index (χ2v) is 4.94. The zero-order chi connectivity index (χ0) is 14.0. The Morgan fingerprint density at radius 2 is 2.37 bits per heavy atom. The topological polar surface area (TPSA) is 126 Å². The van der Waals surface area contributed by atoms with Gasteiger partial charge in [-0.15, -0.1) is 0 Å². The van der Waals surface area contributed by atoms with Crippen molar-refractivity contribution in [2.45, 2.75) is 31.4 Å². The molecule has 1 amide bonds. The highest BCUT2D eigenvalue weighted by molar-refractivity contribution is 5.79. The monoisotopic (exact) mass is 269 g/mol. The first-order valence-corrected chi connectivity index (χ1v) is 6.30. The highest BCUT2D eigenvalue weighted by Gasteiger charge is 2.34. The number of nitrogens with two attached hydrogens (primary N) is 1. The molecule has 0 radical (unpaired) electrons. The number of hydrogen-bond acceptors (Lipinski definition) is 5. The average molecular weight is 269 g/mol. The van der Waals surface area contributed by atoms with Gasteiger partial charge in [-0.2, -0.15) is 5.10 Å². The third kappa shape index (κ3) is 3.02. The van der Waals surface area contributed by atoms with Crippen LogP contribution in [0.2, 0.25) is 0 Å². The largest absolute Gasteiger partial charge is 0.391 e. The fourth-order valence-corrected chi connectivity index (χ4v) is 2.31. The van der Waals surface area contributed by atoms with Gasteiger partial charge in [0, 0.05) is 32.0 Å². The molecule has 0 unspecified atom stereocenters. The third-order valence-corrected chi connectivity index (χ3v) is 3.57. The van der Waals surface area contributed by atoms with E-state index in [0.717, 1.165) is 0 Å². The van der Waals surface area contributed by atoms with Crippen LogP contribution in [0.15, 0.2) is 4.79 Å². The minimum absolute atomic E-state index is 0.104. The van der Waals surface area contributed by atoms with E-state index < -0.39 is 6.10 Å². The van der Waals surface area contributed by atoms with Crippen molar-refractivity contribution < 1.29 is 9.90 Å². The molecule has 2 rings (SSSR count). The number of amides is 1. The zero-order valence-electron chi connectivity index (χ0n) is 10.8. The molecule has 1 aromatic rings. The van der Waals surface area contributed by atoms with Gasteiger partial charge in [0.25, 0.3) is 0 Å². The molecule has 0 spiro atoms. The molecule has 106 valence electrons. The van der Waals surface area contributed by atoms with E-state index in [2.05, 4.69) is 15.5 Å². The number of aliphatic hydroxyl groups excluding tert-OH is 1. The van der Waals surface area contributed by atoms with Crippen LogP contribution in [0.25, 0.3) is 0 Å². The van der Waals surface area contributed by atoms with E-state index in [1.165, 1.54) is 4.57 Å². The number of carbonyl (C=O) groups is 1. The summed E-state index contributed by atoms with van der Waals surface area (Å²) in [7, 11) is 1.62. The highest BCUT2D eigenvalue weighted by atomic mass is 16.3. The minimum Gasteiger partial charge on any atom is -0.391 e. The Bertz CT molecular complexity index is 499. The van der Waals surface area contributed by atoms with Gasteiger partial charge in [-0.1, -0.05) is 0 Å². The van der Waals surface area contributed by atoms with Crippen LogP contribution in [0.3, 0.4) is 0 Å². The molecule has 5 N–H and O–H groups in total. The van der Waals surface area contributed by atoms with E-state index in [0.29, 0.717) is 31.6 Å². The number of aliphatic hydroxyl groups is 1. The highest BCUT2D eigenvalue weighted by Crippen LogP contribution is 2.24. The third-order valence-electron chi connectivity index (χ3n) is 3.57. The fraction of sp³-hybridized carbons (Fsp3) is 0.727. The van der Waals surface area contributed by atoms with Crippen LogP contribution in [0.4, 0.5) is 0 Å². The number of aromatic nitrogens is 3. The quantitative estimate of drug-likeness (QED) is 0.496. The first-order chi connectivity index (χ1) is 8.99. The Balaban J connectivity index is 1.79. The molecule has 1 aromatic heterocycles. The molecule has 1 aliphatic rings. The molecular formula is C11H19N5O3. The second kappa shape index (κ2) is 5.54. The van der Waals surface area contributed by atoms with Gasteiger partial charge in [0.1, 0.15) is 5.82 Å². The van der Waals surface area contributed by atoms with Crippen LogP contribution in [0.5, 0.6) is 0 Å². The van der Waals surface area contributed by atoms with Crippen molar-refractivity contribution in [3.05, 3.63) is 16.3 Å². The zero-order valence-corrected chi connectivity index (χ0v) is 10.8. The summed E-state index contributed by atoms with van der Waals surface area (Å²) in [6.07, 6.45) is 0.798. The van der Waals surface area contributed by atoms with Crippen molar-refractivity contribution in [2.24, 2.45) is 18.7 Å². The maximum atomic E-state index is 11.8. The maximum absolute atomic E-state index is 11.8. The number of nitrogens with zero attached hydrogens (tertiary/aromatic N) is 2. The molecule has 0 saturated heterocycles. The van der Waals surface area contributed by atoms with E-state index in [1.54, 1.807) is 7.05 Å². The van der Waals surface area contributed by atoms with Gasteiger partial charge in [-0.25, -0.2) is 9.89 Å². The fourth-order valence-electron chi connectivity index (χ4n) is 2.31. The van der Waals surface area contributed by atoms with Gasteiger partial charge in [0.05, 0.1) is 6.10 Å². The molecule has 3 atom stereocenters. The number of H-pyrrole nitrogens is 1. The number of rotatable bonds is 4. The predicted octanol–water partition coefficient (Wildman–Crippen LogP) is -2.13. The van der Waals surface area contributed by atoms with Gasteiger partial charge in [-0.3, -0.25) is 9.36 Å². The molecule has 8 nitrogen and oxygen atoms in total. The molecule has 1 fully saturated rings. The summed E-state index contributed by atoms with van der Waals surface area (Å²) in [5, 5.41) is 18.5. The van der Waals surface area contributed by atoms with E-state index in [4.69, 9.17) is 5.73 Å². The van der Waals surface area contributed by atoms with Crippen molar-refractivity contribution in [3.8, 4) is 0 Å². The van der Waals surface area contributed by atoms with E-state index in [9.17, 15) is 14.7 Å². The Labute approximate surface area is 110 Å². The van der Waals surface area contributed by atoms with Crippen molar-refractivity contribution in [2.75, 3.05) is 6.54 Å². The van der Waals surface area contributed by atoms with Gasteiger partial charge in [-0.05, 0) is 12.8 Å². The van der Waals surface area contributed by atoms with Crippen molar-refractivity contribution in [1.82, 2.24) is 20.1 Å². The molecule has 1 saturated carbocycles. The Morgan fingerprint density at radius 1 is 1.63 bits per heavy atom. The van der Waals surface area contributed by atoms with Crippen LogP contribution >= 0.6 is 0 Å². The van der Waals surface area contributed by atoms with Crippen LogP contribution in [-0.4, -0.2) is 44.5 Å². The molecule has 1 heterocycles. The van der Waals surface area contributed by atoms with Crippen LogP contribution in [0, 0.1) is 5.92 Å². The van der Waals surface area contributed by atoms with Crippen molar-refractivity contribution in [1.29, 1.82) is 0 Å². The standard InChI is InChI=1S/C11H19N5O3/c1-16-9(14-15-11(16)19)2-3-13-10(18)6-4-7(12)8(17)5-6/h6-8,17H,2-5,12H2,1H3,(H,13,18)(H,15,19)/t6-,7-,8-/m0/s1. The number of nitrogens with one attached hydrogen (secondary N) is 2. The van der Waals surface area contributed by atoms with Gasteiger partial charge < -0.3 is 16.2 Å². The normalized spacial score (nSPS) is 26.6. The lowest BCUT2D eigenvalue weighted by molar-refractivity contribution is -0.125. The summed E-state index contributed by atoms with van der Waals surface area (Å²) in [4.78, 5) is 23.0. The smallest absolute Gasteiger partial charge is 0.343 e. The molecule has 19 heavy (non-hydrogen) atoms. The first-order valence-electron chi connectivity index (χ1n) is 6.30.